The molecule has 0 unspecified atom stereocenters. The van der Waals surface area contributed by atoms with Gasteiger partial charge < -0.3 is 57.5 Å². The lowest BCUT2D eigenvalue weighted by molar-refractivity contribution is -0.145. The maximum atomic E-state index is 11.6. The Kier molecular flexibility index (Phi) is 63.0. The second-order valence-corrected chi connectivity index (χ2v) is 28.8. The fourth-order valence-corrected chi connectivity index (χ4v) is 11.1. The summed E-state index contributed by atoms with van der Waals surface area (Å²) in [6.45, 7) is 57.2. The van der Waals surface area contributed by atoms with Crippen molar-refractivity contribution in [3.8, 4) is 17.2 Å². The predicted octanol–water partition coefficient (Wildman–Crippen LogP) is 26.3. The zero-order valence-corrected chi connectivity index (χ0v) is 76.8. The van der Waals surface area contributed by atoms with Crippen LogP contribution in [0.25, 0.3) is 48.6 Å². The third kappa shape index (κ3) is 54.0. The minimum Gasteiger partial charge on any atom is -0.493 e. The molecular formula is C110H144N2O13. The van der Waals surface area contributed by atoms with Crippen LogP contribution >= 0.6 is 0 Å². The highest BCUT2D eigenvalue weighted by molar-refractivity contribution is 5.75. The lowest BCUT2D eigenvalue weighted by atomic mass is 10.1. The number of benzene rings is 9. The van der Waals surface area contributed by atoms with Crippen LogP contribution < -0.4 is 14.2 Å². The van der Waals surface area contributed by atoms with Gasteiger partial charge in [-0.1, -0.05) is 331 Å². The zero-order valence-electron chi connectivity index (χ0n) is 76.8. The first-order valence-electron chi connectivity index (χ1n) is 43.7. The first-order valence-corrected chi connectivity index (χ1v) is 43.7. The van der Waals surface area contributed by atoms with Gasteiger partial charge in [0.1, 0.15) is 30.5 Å². The number of hydrogen-bond donors (Lipinski definition) is 1. The number of carbonyl (C=O) groups is 3. The van der Waals surface area contributed by atoms with E-state index in [1.165, 1.54) is 52.6 Å². The summed E-state index contributed by atoms with van der Waals surface area (Å²) >= 11 is 0. The first-order chi connectivity index (χ1) is 60.7. The Balaban J connectivity index is 0.000000491. The van der Waals surface area contributed by atoms with Crippen LogP contribution in [-0.4, -0.2) is 113 Å². The van der Waals surface area contributed by atoms with Crippen molar-refractivity contribution in [1.29, 1.82) is 0 Å². The van der Waals surface area contributed by atoms with E-state index in [4.69, 9.17) is 47.7 Å². The summed E-state index contributed by atoms with van der Waals surface area (Å²) in [7, 11) is 4.00. The van der Waals surface area contributed by atoms with E-state index in [0.29, 0.717) is 97.0 Å². The maximum absolute atomic E-state index is 11.6. The van der Waals surface area contributed by atoms with Crippen molar-refractivity contribution in [3.05, 3.63) is 354 Å². The van der Waals surface area contributed by atoms with Gasteiger partial charge in [-0.05, 0) is 179 Å². The van der Waals surface area contributed by atoms with Crippen LogP contribution in [0, 0.1) is 0 Å². The summed E-state index contributed by atoms with van der Waals surface area (Å²) in [4.78, 5) is 37.4. The van der Waals surface area contributed by atoms with E-state index in [1.54, 1.807) is 23.1 Å². The molecule has 9 rings (SSSR count). The Hall–Kier alpha value is -11.5. The van der Waals surface area contributed by atoms with Crippen LogP contribution in [0.2, 0.25) is 0 Å². The van der Waals surface area contributed by atoms with E-state index < -0.39 is 5.97 Å². The Morgan fingerprint density at radius 1 is 0.304 bits per heavy atom. The van der Waals surface area contributed by atoms with Gasteiger partial charge in [-0.2, -0.15) is 0 Å². The molecule has 0 aliphatic rings. The van der Waals surface area contributed by atoms with Crippen molar-refractivity contribution in [2.75, 3.05) is 80.1 Å². The lowest BCUT2D eigenvalue weighted by Gasteiger charge is -2.16. The topological polar surface area (TPSA) is 161 Å². The average Bonchev–Trinajstić information content (AvgIpc) is 0.860. The number of carboxylic acids is 1. The van der Waals surface area contributed by atoms with Crippen LogP contribution in [-0.2, 0) is 95.3 Å². The normalized spacial score (nSPS) is 10.0. The third-order valence-electron chi connectivity index (χ3n) is 18.1. The Morgan fingerprint density at radius 2 is 0.640 bits per heavy atom. The molecule has 0 saturated carbocycles. The molecule has 1 N–H and O–H groups in total. The van der Waals surface area contributed by atoms with Crippen molar-refractivity contribution < 1.29 is 62.1 Å². The number of aliphatic carboxylic acids is 1. The summed E-state index contributed by atoms with van der Waals surface area (Å²) in [5, 5.41) is 8.74. The number of aryl methyl sites for hydroxylation is 1. The van der Waals surface area contributed by atoms with Crippen LogP contribution in [0.4, 0.5) is 0 Å². The van der Waals surface area contributed by atoms with Crippen LogP contribution in [0.15, 0.2) is 265 Å². The van der Waals surface area contributed by atoms with Gasteiger partial charge in [-0.3, -0.25) is 14.4 Å². The van der Waals surface area contributed by atoms with Gasteiger partial charge in [0.25, 0.3) is 0 Å². The van der Waals surface area contributed by atoms with Crippen molar-refractivity contribution in [2.24, 2.45) is 0 Å². The molecule has 0 saturated heterocycles. The van der Waals surface area contributed by atoms with E-state index in [9.17, 15) is 14.4 Å². The third-order valence-corrected chi connectivity index (χ3v) is 18.1. The van der Waals surface area contributed by atoms with E-state index in [1.807, 2.05) is 199 Å². The number of rotatable bonds is 48. The second-order valence-electron chi connectivity index (χ2n) is 28.8. The summed E-state index contributed by atoms with van der Waals surface area (Å²) in [6.07, 6.45) is 23.0. The molecule has 9 aromatic rings. The fourth-order valence-electron chi connectivity index (χ4n) is 11.1. The van der Waals surface area contributed by atoms with E-state index in [2.05, 4.69) is 170 Å². The predicted molar refractivity (Wildman–Crippen MR) is 526 cm³/mol. The highest BCUT2D eigenvalue weighted by Crippen LogP contribution is 2.25. The molecule has 15 nitrogen and oxygen atoms in total. The van der Waals surface area contributed by atoms with E-state index in [-0.39, 0.29) is 24.9 Å². The summed E-state index contributed by atoms with van der Waals surface area (Å²) < 4.78 is 48.8. The van der Waals surface area contributed by atoms with Crippen molar-refractivity contribution in [1.82, 2.24) is 9.80 Å². The molecule has 0 radical (unpaired) electrons. The van der Waals surface area contributed by atoms with Crippen LogP contribution in [0.5, 0.6) is 17.2 Å². The minimum atomic E-state index is -0.889. The minimum absolute atomic E-state index is 0.0490. The monoisotopic (exact) mass is 1700 g/mol. The zero-order chi connectivity index (χ0) is 91.7. The molecule has 0 aliphatic carbocycles. The molecule has 0 atom stereocenters. The van der Waals surface area contributed by atoms with Gasteiger partial charge in [0.15, 0.2) is 0 Å². The number of nitrogens with zero attached hydrogens (tertiary/aromatic N) is 2. The summed E-state index contributed by atoms with van der Waals surface area (Å²) in [6, 6.07) is 70.8. The van der Waals surface area contributed by atoms with Gasteiger partial charge in [0.05, 0.1) is 65.9 Å². The molecule has 9 aromatic carbocycles. The highest BCUT2D eigenvalue weighted by Gasteiger charge is 2.10. The fraction of sp³-hybridized carbons (Fsp3) is 0.336. The molecule has 672 valence electrons. The molecule has 0 heterocycles. The smallest absolute Gasteiger partial charge is 0.306 e. The van der Waals surface area contributed by atoms with Crippen LogP contribution in [0.3, 0.4) is 0 Å². The quantitative estimate of drug-likeness (QED) is 0.0283. The van der Waals surface area contributed by atoms with Gasteiger partial charge in [0.2, 0.25) is 5.91 Å². The number of carbonyl (C=O) groups excluding carboxylic acids is 2. The molecule has 1 amide bonds. The number of ether oxygens (including phenoxy) is 9. The largest absolute Gasteiger partial charge is 0.493 e. The van der Waals surface area contributed by atoms with E-state index >= 15 is 0 Å². The number of hydrogen-bond acceptors (Lipinski definition) is 13. The Morgan fingerprint density at radius 3 is 1.02 bits per heavy atom. The molecule has 15 heteroatoms. The van der Waals surface area contributed by atoms with Crippen molar-refractivity contribution in [3.63, 3.8) is 0 Å². The number of carboxylic acid groups (broad SMARTS) is 1. The number of amides is 1. The van der Waals surface area contributed by atoms with Gasteiger partial charge >= 0.3 is 11.9 Å². The molecular weight excluding hydrogens is 1560 g/mol. The van der Waals surface area contributed by atoms with Crippen molar-refractivity contribution >= 4 is 66.5 Å². The number of esters is 1. The van der Waals surface area contributed by atoms with E-state index in [0.717, 1.165) is 120 Å². The molecule has 125 heavy (non-hydrogen) atoms. The van der Waals surface area contributed by atoms with Gasteiger partial charge in [-0.15, -0.1) is 0 Å². The molecule has 0 fully saturated rings. The Bertz CT molecular complexity index is 4370. The first kappa shape index (κ1) is 110. The SMILES string of the molecule is C=Cc1ccc(CCC)cc1.C=Cc1ccc(CN(C)C(=O)CCC)cc1.C=Cc1ccc(CN(C)CCC)cc1.C=Cc1ccc(COC(=O)CCC)cc1.C=Cc1ccc(COCCC)cc1.C=Cc1ccc(COCCOCC)cc1.C=Cc1ccc(COCc2cc(OCCC)cc(OCCC(=O)O)c2)cc1.C=Cc1ccc(OCCOCC)cc1. The molecule has 0 aromatic heterocycles. The van der Waals surface area contributed by atoms with Crippen LogP contribution in [0.1, 0.15) is 202 Å². The Labute approximate surface area is 751 Å². The van der Waals surface area contributed by atoms with Crippen molar-refractivity contribution in [2.45, 2.75) is 166 Å². The molecule has 0 aliphatic heterocycles. The van der Waals surface area contributed by atoms with Gasteiger partial charge in [-0.25, -0.2) is 0 Å². The second kappa shape index (κ2) is 71.8. The highest BCUT2D eigenvalue weighted by atomic mass is 16.5. The molecule has 0 bridgehead atoms. The standard InChI is InChI=1S/C22H26O5.C14H19NO.C13H19N.C13H18O2.C13H16O2.C12H16O2.C12H16O.C11H14/c1-3-10-26-20-12-19(13-21(14-20)27-11-9-22(23)24)16-25-15-18-7-5-17(4-2)6-8-18;1-4-6-14(16)15(3)11-13-9-7-12(5-2)8-10-13;1-4-10-14(3)11-13-8-6-12(5-2)7-9-13;1-3-12-5-7-13(8-6-12)11-15-10-9-14-4-2;1-3-5-13(14)15-10-12-8-6-11(4-2)7-9-12;1-3-11-5-7-12(8-6-11)14-10-9-13-4-2;1-3-9-13-10-12-7-5-11(4-2)6-8-12;1-3-5-11-8-6-10(4-2)7-9-11/h4-8,12-14H,2-3,9-11,15-16H2,1H3,(H,23,24);5,7-10H,2,4,6,11H2,1,3H3;5-9H,2,4,10-11H2,1,3H3;3,5-8H,1,4,9-11H2,2H3;4,6-9H,2-3,5,10H2,1H3;3,5-8H,1,4,9-10H2,2H3;4-8H,2-3,9-10H2,1H3;4,6-9H,2-3,5H2,1H3. The average molecular weight is 1700 g/mol. The van der Waals surface area contributed by atoms with Gasteiger partial charge in [0, 0.05) is 58.9 Å². The lowest BCUT2D eigenvalue weighted by Crippen LogP contribution is -2.25. The summed E-state index contributed by atoms with van der Waals surface area (Å²) in [5.41, 5.74) is 18.3. The maximum Gasteiger partial charge on any atom is 0.306 e. The summed E-state index contributed by atoms with van der Waals surface area (Å²) in [5.74, 6) is 1.33. The molecule has 0 spiro atoms.